The van der Waals surface area contributed by atoms with E-state index in [0.29, 0.717) is 5.75 Å². The van der Waals surface area contributed by atoms with Gasteiger partial charge in [0.1, 0.15) is 4.90 Å². The van der Waals surface area contributed by atoms with Gasteiger partial charge in [0.2, 0.25) is 0 Å². The van der Waals surface area contributed by atoms with Crippen molar-refractivity contribution in [1.29, 1.82) is 0 Å². The number of aryl methyl sites for hydroxylation is 4. The van der Waals surface area contributed by atoms with Gasteiger partial charge >= 0.3 is 10.1 Å². The van der Waals surface area contributed by atoms with Gasteiger partial charge in [0.05, 0.1) is 0 Å². The van der Waals surface area contributed by atoms with E-state index in [1.165, 1.54) is 17.5 Å². The van der Waals surface area contributed by atoms with E-state index in [0.717, 1.165) is 47.1 Å². The maximum absolute atomic E-state index is 12.9. The van der Waals surface area contributed by atoms with E-state index < -0.39 is 10.1 Å². The molecule has 0 aromatic heterocycles. The molecule has 0 N–H and O–H groups in total. The third-order valence-electron chi connectivity index (χ3n) is 5.65. The molecular weight excluding hydrogens is 380 g/mol. The van der Waals surface area contributed by atoms with Crippen molar-refractivity contribution in [3.8, 4) is 16.9 Å². The van der Waals surface area contributed by atoms with Crippen LogP contribution in [0.4, 0.5) is 0 Å². The van der Waals surface area contributed by atoms with Crippen molar-refractivity contribution in [3.63, 3.8) is 0 Å². The Balaban J connectivity index is 1.84. The van der Waals surface area contributed by atoms with Crippen LogP contribution in [0, 0.1) is 20.8 Å². The monoisotopic (exact) mass is 406 g/mol. The van der Waals surface area contributed by atoms with E-state index in [-0.39, 0.29) is 4.90 Å². The highest BCUT2D eigenvalue weighted by Crippen LogP contribution is 2.40. The van der Waals surface area contributed by atoms with Crippen LogP contribution in [-0.2, 0) is 23.0 Å². The van der Waals surface area contributed by atoms with E-state index in [1.54, 1.807) is 30.3 Å². The van der Waals surface area contributed by atoms with Crippen molar-refractivity contribution in [2.45, 2.75) is 51.3 Å². The topological polar surface area (TPSA) is 43.4 Å². The normalized spacial score (nSPS) is 13.8. The molecular formula is C25H26O3S. The van der Waals surface area contributed by atoms with E-state index in [9.17, 15) is 8.42 Å². The fourth-order valence-electron chi connectivity index (χ4n) is 4.10. The van der Waals surface area contributed by atoms with Gasteiger partial charge in [-0.05, 0) is 93.0 Å². The first-order valence-electron chi connectivity index (χ1n) is 10.1. The van der Waals surface area contributed by atoms with Gasteiger partial charge in [-0.15, -0.1) is 0 Å². The van der Waals surface area contributed by atoms with Crippen LogP contribution in [0.25, 0.3) is 11.1 Å². The van der Waals surface area contributed by atoms with Gasteiger partial charge in [-0.25, -0.2) is 0 Å². The van der Waals surface area contributed by atoms with Crippen molar-refractivity contribution >= 4 is 10.1 Å². The molecule has 0 bridgehead atoms. The fraction of sp³-hybridized carbons (Fsp3) is 0.280. The molecule has 0 saturated carbocycles. The lowest BCUT2D eigenvalue weighted by atomic mass is 9.83. The SMILES string of the molecule is Cc1ccc(S(=O)(=O)Oc2ccc(C)cc2-c2c(C)ccc3c2CCCC3)cc1. The first kappa shape index (κ1) is 19.7. The third kappa shape index (κ3) is 3.95. The van der Waals surface area contributed by atoms with Crippen LogP contribution in [0.3, 0.4) is 0 Å². The standard InChI is InChI=1S/C25H26O3S/c1-17-8-13-21(14-9-17)29(26,27)28-24-15-10-18(2)16-23(24)25-19(3)11-12-20-6-4-5-7-22(20)25/h8-16H,4-7H2,1-3H3. The molecule has 0 saturated heterocycles. The molecule has 0 heterocycles. The summed E-state index contributed by atoms with van der Waals surface area (Å²) in [5, 5.41) is 0. The molecule has 29 heavy (non-hydrogen) atoms. The molecule has 0 atom stereocenters. The predicted octanol–water partition coefficient (Wildman–Crippen LogP) is 5.93. The molecule has 0 unspecified atom stereocenters. The molecule has 150 valence electrons. The molecule has 1 aliphatic carbocycles. The maximum atomic E-state index is 12.9. The van der Waals surface area contributed by atoms with Gasteiger partial charge < -0.3 is 4.18 Å². The first-order valence-corrected chi connectivity index (χ1v) is 11.5. The van der Waals surface area contributed by atoms with Crippen molar-refractivity contribution in [2.75, 3.05) is 0 Å². The Morgan fingerprint density at radius 2 is 1.48 bits per heavy atom. The number of benzene rings is 3. The molecule has 3 aromatic rings. The van der Waals surface area contributed by atoms with Gasteiger partial charge in [-0.3, -0.25) is 0 Å². The number of fused-ring (bicyclic) bond motifs is 1. The summed E-state index contributed by atoms with van der Waals surface area (Å²) in [5.41, 5.74) is 7.91. The zero-order valence-electron chi connectivity index (χ0n) is 17.2. The molecule has 0 aliphatic heterocycles. The molecule has 0 radical (unpaired) electrons. The van der Waals surface area contributed by atoms with E-state index in [2.05, 4.69) is 19.1 Å². The highest BCUT2D eigenvalue weighted by Gasteiger charge is 2.23. The van der Waals surface area contributed by atoms with Gasteiger partial charge in [-0.2, -0.15) is 8.42 Å². The maximum Gasteiger partial charge on any atom is 0.339 e. The van der Waals surface area contributed by atoms with Gasteiger partial charge in [0.25, 0.3) is 0 Å². The zero-order valence-corrected chi connectivity index (χ0v) is 18.0. The summed E-state index contributed by atoms with van der Waals surface area (Å²) in [6.07, 6.45) is 4.46. The van der Waals surface area contributed by atoms with Crippen LogP contribution < -0.4 is 4.18 Å². The molecule has 1 aliphatic rings. The van der Waals surface area contributed by atoms with Gasteiger partial charge in [0, 0.05) is 5.56 Å². The molecule has 3 nitrogen and oxygen atoms in total. The average Bonchev–Trinajstić information content (AvgIpc) is 2.70. The summed E-state index contributed by atoms with van der Waals surface area (Å²) in [7, 11) is -3.91. The lowest BCUT2D eigenvalue weighted by Crippen LogP contribution is -2.11. The molecule has 3 aromatic carbocycles. The third-order valence-corrected chi connectivity index (χ3v) is 6.90. The quantitative estimate of drug-likeness (QED) is 0.505. The minimum absolute atomic E-state index is 0.168. The smallest absolute Gasteiger partial charge is 0.339 e. The molecule has 0 fully saturated rings. The van der Waals surface area contributed by atoms with E-state index in [1.807, 2.05) is 26.0 Å². The summed E-state index contributed by atoms with van der Waals surface area (Å²) in [6, 6.07) is 16.8. The van der Waals surface area contributed by atoms with Crippen molar-refractivity contribution in [1.82, 2.24) is 0 Å². The Bertz CT molecular complexity index is 1160. The second-order valence-electron chi connectivity index (χ2n) is 7.95. The van der Waals surface area contributed by atoms with Crippen molar-refractivity contribution in [3.05, 3.63) is 82.4 Å². The number of rotatable bonds is 4. The second kappa shape index (κ2) is 7.68. The van der Waals surface area contributed by atoms with E-state index >= 15 is 0 Å². The van der Waals surface area contributed by atoms with Crippen molar-refractivity contribution < 1.29 is 12.6 Å². The van der Waals surface area contributed by atoms with Crippen LogP contribution >= 0.6 is 0 Å². The summed E-state index contributed by atoms with van der Waals surface area (Å²) < 4.78 is 31.6. The minimum Gasteiger partial charge on any atom is -0.378 e. The van der Waals surface area contributed by atoms with Crippen LogP contribution in [-0.4, -0.2) is 8.42 Å². The number of hydrogen-bond donors (Lipinski definition) is 0. The van der Waals surface area contributed by atoms with E-state index in [4.69, 9.17) is 4.18 Å². The highest BCUT2D eigenvalue weighted by atomic mass is 32.2. The molecule has 0 amide bonds. The largest absolute Gasteiger partial charge is 0.378 e. The second-order valence-corrected chi connectivity index (χ2v) is 9.50. The molecule has 0 spiro atoms. The highest BCUT2D eigenvalue weighted by molar-refractivity contribution is 7.87. The number of hydrogen-bond acceptors (Lipinski definition) is 3. The summed E-state index contributed by atoms with van der Waals surface area (Å²) >= 11 is 0. The predicted molar refractivity (Wildman–Crippen MR) is 117 cm³/mol. The average molecular weight is 407 g/mol. The Morgan fingerprint density at radius 3 is 2.24 bits per heavy atom. The molecule has 4 rings (SSSR count). The summed E-state index contributed by atoms with van der Waals surface area (Å²) in [4.78, 5) is 0.168. The van der Waals surface area contributed by atoms with Crippen LogP contribution in [0.1, 0.15) is 40.7 Å². The Hall–Kier alpha value is -2.59. The fourth-order valence-corrected chi connectivity index (χ4v) is 5.05. The lowest BCUT2D eigenvalue weighted by Gasteiger charge is -2.23. The van der Waals surface area contributed by atoms with Crippen LogP contribution in [0.5, 0.6) is 5.75 Å². The Kier molecular flexibility index (Phi) is 5.22. The van der Waals surface area contributed by atoms with Crippen LogP contribution in [0.15, 0.2) is 59.5 Å². The zero-order chi connectivity index (χ0) is 20.6. The first-order chi connectivity index (χ1) is 13.8. The summed E-state index contributed by atoms with van der Waals surface area (Å²) in [5.74, 6) is 0.387. The van der Waals surface area contributed by atoms with Gasteiger partial charge in [0.15, 0.2) is 5.75 Å². The Morgan fingerprint density at radius 1 is 0.793 bits per heavy atom. The Labute approximate surface area is 173 Å². The lowest BCUT2D eigenvalue weighted by molar-refractivity contribution is 0.486. The van der Waals surface area contributed by atoms with Crippen molar-refractivity contribution in [2.24, 2.45) is 0 Å². The van der Waals surface area contributed by atoms with Gasteiger partial charge in [-0.1, -0.05) is 41.5 Å². The molecule has 4 heteroatoms. The van der Waals surface area contributed by atoms with Crippen LogP contribution in [0.2, 0.25) is 0 Å². The minimum atomic E-state index is -3.91. The summed E-state index contributed by atoms with van der Waals surface area (Å²) in [6.45, 7) is 6.04.